The summed E-state index contributed by atoms with van der Waals surface area (Å²) in [6, 6.07) is 0. The van der Waals surface area contributed by atoms with Crippen molar-refractivity contribution in [2.75, 3.05) is 7.05 Å². The van der Waals surface area contributed by atoms with Crippen LogP contribution in [0.25, 0.3) is 0 Å². The normalized spacial score (nSPS) is 12.3. The molecule has 21 heavy (non-hydrogen) atoms. The molecule has 2 nitrogen and oxygen atoms in total. The van der Waals surface area contributed by atoms with Gasteiger partial charge < -0.3 is 5.32 Å². The van der Waals surface area contributed by atoms with Crippen LogP contribution in [-0.2, 0) is 4.79 Å². The van der Waals surface area contributed by atoms with Crippen LogP contribution in [0.2, 0.25) is 0 Å². The molecule has 0 saturated carbocycles. The van der Waals surface area contributed by atoms with Gasteiger partial charge >= 0.3 is 0 Å². The molecule has 1 amide bonds. The maximum absolute atomic E-state index is 11.9. The zero-order valence-corrected chi connectivity index (χ0v) is 14.9. The Kier molecular flexibility index (Phi) is 15.5. The molecular weight excluding hydrogens is 258 g/mol. The van der Waals surface area contributed by atoms with Crippen molar-refractivity contribution in [3.05, 3.63) is 0 Å². The van der Waals surface area contributed by atoms with Crippen molar-refractivity contribution >= 4 is 5.91 Å². The molecule has 2 heteroatoms. The number of carbonyl (C=O) groups excluding carboxylic acids is 1. The SMILES string of the molecule is CCCCCCCCCCC(CCCCCC)C(=O)NC. The first kappa shape index (κ1) is 20.5. The van der Waals surface area contributed by atoms with Gasteiger partial charge in [-0.1, -0.05) is 90.9 Å². The fourth-order valence-corrected chi connectivity index (χ4v) is 2.95. The van der Waals surface area contributed by atoms with E-state index in [9.17, 15) is 4.79 Å². The molecule has 0 fully saturated rings. The Morgan fingerprint density at radius 3 is 1.52 bits per heavy atom. The first-order valence-electron chi connectivity index (χ1n) is 9.47. The Hall–Kier alpha value is -0.530. The fraction of sp³-hybridized carbons (Fsp3) is 0.947. The average Bonchev–Trinajstić information content (AvgIpc) is 2.51. The van der Waals surface area contributed by atoms with Crippen LogP contribution in [0.15, 0.2) is 0 Å². The molecule has 0 rings (SSSR count). The van der Waals surface area contributed by atoms with Crippen LogP contribution in [0.4, 0.5) is 0 Å². The predicted octanol–water partition coefficient (Wildman–Crippen LogP) is 5.85. The van der Waals surface area contributed by atoms with E-state index in [-0.39, 0.29) is 11.8 Å². The molecule has 0 aromatic carbocycles. The lowest BCUT2D eigenvalue weighted by Gasteiger charge is -2.15. The van der Waals surface area contributed by atoms with E-state index in [0.29, 0.717) is 0 Å². The van der Waals surface area contributed by atoms with Gasteiger partial charge in [-0.25, -0.2) is 0 Å². The van der Waals surface area contributed by atoms with E-state index in [2.05, 4.69) is 19.2 Å². The van der Waals surface area contributed by atoms with E-state index < -0.39 is 0 Å². The highest BCUT2D eigenvalue weighted by Gasteiger charge is 2.15. The van der Waals surface area contributed by atoms with Gasteiger partial charge in [0.25, 0.3) is 0 Å². The van der Waals surface area contributed by atoms with Gasteiger partial charge in [-0.15, -0.1) is 0 Å². The lowest BCUT2D eigenvalue weighted by atomic mass is 9.93. The van der Waals surface area contributed by atoms with E-state index in [1.807, 2.05) is 0 Å². The zero-order valence-electron chi connectivity index (χ0n) is 14.9. The third-order valence-corrected chi connectivity index (χ3v) is 4.43. The van der Waals surface area contributed by atoms with E-state index in [1.54, 1.807) is 7.05 Å². The van der Waals surface area contributed by atoms with Gasteiger partial charge in [-0.2, -0.15) is 0 Å². The van der Waals surface area contributed by atoms with E-state index in [4.69, 9.17) is 0 Å². The highest BCUT2D eigenvalue weighted by atomic mass is 16.1. The van der Waals surface area contributed by atoms with Crippen LogP contribution in [0.3, 0.4) is 0 Å². The maximum atomic E-state index is 11.9. The maximum Gasteiger partial charge on any atom is 0.222 e. The molecule has 0 radical (unpaired) electrons. The smallest absolute Gasteiger partial charge is 0.222 e. The Morgan fingerprint density at radius 2 is 1.10 bits per heavy atom. The Balaban J connectivity index is 3.64. The molecule has 126 valence electrons. The summed E-state index contributed by atoms with van der Waals surface area (Å²) < 4.78 is 0. The third kappa shape index (κ3) is 12.9. The molecular formula is C19H39NO. The van der Waals surface area contributed by atoms with Gasteiger partial charge in [0.1, 0.15) is 0 Å². The fourth-order valence-electron chi connectivity index (χ4n) is 2.95. The van der Waals surface area contributed by atoms with Gasteiger partial charge in [0.15, 0.2) is 0 Å². The molecule has 0 spiro atoms. The quantitative estimate of drug-likeness (QED) is 0.377. The van der Waals surface area contributed by atoms with E-state index >= 15 is 0 Å². The molecule has 0 aromatic rings. The summed E-state index contributed by atoms with van der Waals surface area (Å²) >= 11 is 0. The van der Waals surface area contributed by atoms with Crippen molar-refractivity contribution in [2.24, 2.45) is 5.92 Å². The minimum Gasteiger partial charge on any atom is -0.359 e. The van der Waals surface area contributed by atoms with Gasteiger partial charge in [-0.3, -0.25) is 4.79 Å². The molecule has 0 bridgehead atoms. The minimum atomic E-state index is 0.256. The summed E-state index contributed by atoms with van der Waals surface area (Å²) in [4.78, 5) is 11.9. The second-order valence-electron chi connectivity index (χ2n) is 6.42. The number of hydrogen-bond donors (Lipinski definition) is 1. The van der Waals surface area contributed by atoms with Gasteiger partial charge in [0.05, 0.1) is 0 Å². The molecule has 0 heterocycles. The molecule has 1 N–H and O–H groups in total. The highest BCUT2D eigenvalue weighted by molar-refractivity contribution is 5.78. The molecule has 0 aliphatic heterocycles. The van der Waals surface area contributed by atoms with Crippen LogP contribution in [0.5, 0.6) is 0 Å². The van der Waals surface area contributed by atoms with Crippen molar-refractivity contribution in [3.8, 4) is 0 Å². The average molecular weight is 298 g/mol. The van der Waals surface area contributed by atoms with Crippen LogP contribution >= 0.6 is 0 Å². The first-order valence-corrected chi connectivity index (χ1v) is 9.47. The van der Waals surface area contributed by atoms with Crippen LogP contribution in [0.1, 0.15) is 104 Å². The Morgan fingerprint density at radius 1 is 0.714 bits per heavy atom. The van der Waals surface area contributed by atoms with Gasteiger partial charge in [0, 0.05) is 13.0 Å². The third-order valence-electron chi connectivity index (χ3n) is 4.43. The number of carbonyl (C=O) groups is 1. The molecule has 0 aromatic heterocycles. The summed E-state index contributed by atoms with van der Waals surface area (Å²) in [6.07, 6.45) is 18.0. The standard InChI is InChI=1S/C19H39NO/c1-4-6-8-10-11-12-13-15-17-18(19(21)20-3)16-14-9-7-5-2/h18H,4-17H2,1-3H3,(H,20,21). The minimum absolute atomic E-state index is 0.256. The number of hydrogen-bond acceptors (Lipinski definition) is 1. The van der Waals surface area contributed by atoms with Crippen molar-refractivity contribution < 1.29 is 4.79 Å². The topological polar surface area (TPSA) is 29.1 Å². The highest BCUT2D eigenvalue weighted by Crippen LogP contribution is 2.19. The van der Waals surface area contributed by atoms with Crippen molar-refractivity contribution in [3.63, 3.8) is 0 Å². The Labute approximate surface area is 133 Å². The monoisotopic (exact) mass is 297 g/mol. The molecule has 1 atom stereocenters. The van der Waals surface area contributed by atoms with Crippen LogP contribution in [0, 0.1) is 5.92 Å². The largest absolute Gasteiger partial charge is 0.359 e. The second kappa shape index (κ2) is 15.9. The second-order valence-corrected chi connectivity index (χ2v) is 6.42. The Bertz CT molecular complexity index is 228. The number of amides is 1. The van der Waals surface area contributed by atoms with Crippen LogP contribution in [-0.4, -0.2) is 13.0 Å². The zero-order chi connectivity index (χ0) is 15.8. The summed E-state index contributed by atoms with van der Waals surface area (Å²) in [7, 11) is 1.77. The lowest BCUT2D eigenvalue weighted by molar-refractivity contribution is -0.125. The van der Waals surface area contributed by atoms with Crippen molar-refractivity contribution in [1.82, 2.24) is 5.32 Å². The van der Waals surface area contributed by atoms with Gasteiger partial charge in [-0.05, 0) is 12.8 Å². The number of rotatable bonds is 15. The van der Waals surface area contributed by atoms with E-state index in [0.717, 1.165) is 12.8 Å². The van der Waals surface area contributed by atoms with Crippen molar-refractivity contribution in [1.29, 1.82) is 0 Å². The first-order chi connectivity index (χ1) is 10.3. The molecule has 0 aliphatic rings. The summed E-state index contributed by atoms with van der Waals surface area (Å²) in [5, 5.41) is 2.84. The molecule has 1 unspecified atom stereocenters. The molecule has 0 saturated heterocycles. The molecule has 0 aliphatic carbocycles. The van der Waals surface area contributed by atoms with Gasteiger partial charge in [0.2, 0.25) is 5.91 Å². The number of unbranched alkanes of at least 4 members (excludes halogenated alkanes) is 10. The lowest BCUT2D eigenvalue weighted by Crippen LogP contribution is -2.27. The summed E-state index contributed by atoms with van der Waals surface area (Å²) in [6.45, 7) is 4.50. The summed E-state index contributed by atoms with van der Waals surface area (Å²) in [5.74, 6) is 0.515. The van der Waals surface area contributed by atoms with Crippen molar-refractivity contribution in [2.45, 2.75) is 104 Å². The number of nitrogens with one attached hydrogen (secondary N) is 1. The van der Waals surface area contributed by atoms with E-state index in [1.165, 1.54) is 77.0 Å². The predicted molar refractivity (Wildman–Crippen MR) is 93.5 cm³/mol. The van der Waals surface area contributed by atoms with Crippen LogP contribution < -0.4 is 5.32 Å². The summed E-state index contributed by atoms with van der Waals surface area (Å²) in [5.41, 5.74) is 0.